The summed E-state index contributed by atoms with van der Waals surface area (Å²) >= 11 is 2.04. The summed E-state index contributed by atoms with van der Waals surface area (Å²) in [5.41, 5.74) is 0. The lowest BCUT2D eigenvalue weighted by Gasteiger charge is -2.27. The highest BCUT2D eigenvalue weighted by molar-refractivity contribution is 8.00. The third-order valence-corrected chi connectivity index (χ3v) is 3.71. The second-order valence-electron chi connectivity index (χ2n) is 3.04. The topological polar surface area (TPSA) is 18.5 Å². The van der Waals surface area contributed by atoms with Crippen LogP contribution < -0.4 is 0 Å². The summed E-state index contributed by atoms with van der Waals surface area (Å²) in [6.07, 6.45) is 3.06. The zero-order chi connectivity index (χ0) is 7.52. The Morgan fingerprint density at radius 3 is 2.91 bits per heavy atom. The predicted octanol–water partition coefficient (Wildman–Crippen LogP) is 1.30. The minimum absolute atomic E-state index is 0.385. The molecule has 0 aromatic carbocycles. The van der Waals surface area contributed by atoms with Crippen molar-refractivity contribution in [1.29, 1.82) is 0 Å². The van der Waals surface area contributed by atoms with E-state index >= 15 is 0 Å². The minimum Gasteiger partial charge on any atom is -0.376 e. The van der Waals surface area contributed by atoms with Crippen molar-refractivity contribution >= 4 is 11.8 Å². The SMILES string of the molecule is C1CSC(C2COCCO2)C1. The van der Waals surface area contributed by atoms with Crippen molar-refractivity contribution in [1.82, 2.24) is 0 Å². The van der Waals surface area contributed by atoms with Crippen LogP contribution in [-0.2, 0) is 9.47 Å². The van der Waals surface area contributed by atoms with Crippen LogP contribution in [0.1, 0.15) is 12.8 Å². The van der Waals surface area contributed by atoms with Gasteiger partial charge in [-0.15, -0.1) is 0 Å². The summed E-state index contributed by atoms with van der Waals surface area (Å²) < 4.78 is 11.0. The van der Waals surface area contributed by atoms with Gasteiger partial charge < -0.3 is 9.47 Å². The van der Waals surface area contributed by atoms with E-state index in [0.717, 1.165) is 25.1 Å². The predicted molar refractivity (Wildman–Crippen MR) is 46.0 cm³/mol. The van der Waals surface area contributed by atoms with Gasteiger partial charge in [0.1, 0.15) is 0 Å². The molecule has 2 saturated heterocycles. The number of hydrogen-bond donors (Lipinski definition) is 0. The van der Waals surface area contributed by atoms with E-state index in [1.165, 1.54) is 18.6 Å². The van der Waals surface area contributed by atoms with Crippen molar-refractivity contribution in [3.63, 3.8) is 0 Å². The molecule has 2 aliphatic heterocycles. The van der Waals surface area contributed by atoms with Crippen molar-refractivity contribution in [3.8, 4) is 0 Å². The van der Waals surface area contributed by atoms with Gasteiger partial charge in [0.05, 0.1) is 25.9 Å². The Bertz CT molecular complexity index is 117. The zero-order valence-electron chi connectivity index (χ0n) is 6.62. The molecule has 2 aliphatic rings. The third kappa shape index (κ3) is 1.89. The van der Waals surface area contributed by atoms with E-state index < -0.39 is 0 Å². The first kappa shape index (κ1) is 7.90. The molecule has 0 saturated carbocycles. The van der Waals surface area contributed by atoms with Crippen LogP contribution in [0.4, 0.5) is 0 Å². The molecule has 0 spiro atoms. The fourth-order valence-electron chi connectivity index (χ4n) is 1.62. The van der Waals surface area contributed by atoms with Crippen molar-refractivity contribution in [2.24, 2.45) is 0 Å². The quantitative estimate of drug-likeness (QED) is 0.597. The maximum atomic E-state index is 5.62. The molecule has 2 heterocycles. The van der Waals surface area contributed by atoms with Gasteiger partial charge in [-0.3, -0.25) is 0 Å². The highest BCUT2D eigenvalue weighted by atomic mass is 32.2. The Morgan fingerprint density at radius 2 is 2.27 bits per heavy atom. The molecular weight excluding hydrogens is 160 g/mol. The minimum atomic E-state index is 0.385. The second-order valence-corrected chi connectivity index (χ2v) is 4.38. The lowest BCUT2D eigenvalue weighted by molar-refractivity contribution is -0.0879. The lowest BCUT2D eigenvalue weighted by Crippen LogP contribution is -2.35. The zero-order valence-corrected chi connectivity index (χ0v) is 7.44. The van der Waals surface area contributed by atoms with Crippen LogP contribution in [0.2, 0.25) is 0 Å². The Morgan fingerprint density at radius 1 is 1.27 bits per heavy atom. The maximum Gasteiger partial charge on any atom is 0.0927 e. The van der Waals surface area contributed by atoms with Gasteiger partial charge in [-0.1, -0.05) is 0 Å². The molecule has 2 fully saturated rings. The lowest BCUT2D eigenvalue weighted by atomic mass is 10.1. The summed E-state index contributed by atoms with van der Waals surface area (Å²) in [6.45, 7) is 2.40. The van der Waals surface area contributed by atoms with Gasteiger partial charge in [0.15, 0.2) is 0 Å². The summed E-state index contributed by atoms with van der Waals surface area (Å²) in [5, 5.41) is 0.718. The van der Waals surface area contributed by atoms with Gasteiger partial charge in [0, 0.05) is 5.25 Å². The molecular formula is C8H14O2S. The third-order valence-electron chi connectivity index (χ3n) is 2.22. The van der Waals surface area contributed by atoms with Crippen LogP contribution >= 0.6 is 11.8 Å². The summed E-state index contributed by atoms with van der Waals surface area (Å²) in [4.78, 5) is 0. The summed E-state index contributed by atoms with van der Waals surface area (Å²) in [5.74, 6) is 1.31. The molecule has 0 aliphatic carbocycles. The van der Waals surface area contributed by atoms with Crippen LogP contribution in [0.25, 0.3) is 0 Å². The number of ether oxygens (including phenoxy) is 2. The van der Waals surface area contributed by atoms with E-state index in [2.05, 4.69) is 0 Å². The fourth-order valence-corrected chi connectivity index (χ4v) is 2.96. The van der Waals surface area contributed by atoms with Crippen LogP contribution in [-0.4, -0.2) is 36.9 Å². The molecule has 2 atom stereocenters. The Kier molecular flexibility index (Phi) is 2.72. The monoisotopic (exact) mass is 174 g/mol. The average molecular weight is 174 g/mol. The first-order chi connectivity index (χ1) is 5.47. The number of rotatable bonds is 1. The Hall–Kier alpha value is 0.270. The summed E-state index contributed by atoms with van der Waals surface area (Å²) in [6, 6.07) is 0. The molecule has 11 heavy (non-hydrogen) atoms. The molecule has 0 amide bonds. The van der Waals surface area contributed by atoms with E-state index in [0.29, 0.717) is 6.10 Å². The molecule has 3 heteroatoms. The first-order valence-electron chi connectivity index (χ1n) is 4.28. The summed E-state index contributed by atoms with van der Waals surface area (Å²) in [7, 11) is 0. The Balaban J connectivity index is 1.82. The molecule has 2 rings (SSSR count). The van der Waals surface area contributed by atoms with Crippen LogP contribution in [0, 0.1) is 0 Å². The smallest absolute Gasteiger partial charge is 0.0927 e. The van der Waals surface area contributed by atoms with Crippen LogP contribution in [0.5, 0.6) is 0 Å². The molecule has 2 unspecified atom stereocenters. The number of thioether (sulfide) groups is 1. The van der Waals surface area contributed by atoms with E-state index in [9.17, 15) is 0 Å². The van der Waals surface area contributed by atoms with E-state index in [1.54, 1.807) is 0 Å². The highest BCUT2D eigenvalue weighted by Gasteiger charge is 2.28. The van der Waals surface area contributed by atoms with Crippen molar-refractivity contribution in [2.45, 2.75) is 24.2 Å². The molecule has 2 nitrogen and oxygen atoms in total. The Labute approximate surface area is 71.6 Å². The fraction of sp³-hybridized carbons (Fsp3) is 1.00. The van der Waals surface area contributed by atoms with Gasteiger partial charge in [-0.25, -0.2) is 0 Å². The first-order valence-corrected chi connectivity index (χ1v) is 5.32. The van der Waals surface area contributed by atoms with E-state index in [1.807, 2.05) is 11.8 Å². The molecule has 0 aromatic heterocycles. The maximum absolute atomic E-state index is 5.62. The normalized spacial score (nSPS) is 39.3. The van der Waals surface area contributed by atoms with Crippen molar-refractivity contribution < 1.29 is 9.47 Å². The van der Waals surface area contributed by atoms with E-state index in [4.69, 9.17) is 9.47 Å². The average Bonchev–Trinajstić information content (AvgIpc) is 2.58. The van der Waals surface area contributed by atoms with Gasteiger partial charge >= 0.3 is 0 Å². The van der Waals surface area contributed by atoms with Gasteiger partial charge in [-0.2, -0.15) is 11.8 Å². The molecule has 64 valence electrons. The molecule has 0 bridgehead atoms. The van der Waals surface area contributed by atoms with Crippen LogP contribution in [0.15, 0.2) is 0 Å². The van der Waals surface area contributed by atoms with Crippen molar-refractivity contribution in [3.05, 3.63) is 0 Å². The molecule has 0 aromatic rings. The molecule has 0 radical (unpaired) electrons. The largest absolute Gasteiger partial charge is 0.376 e. The standard InChI is InChI=1S/C8H14O2S/c1-2-8(11-5-1)7-6-9-3-4-10-7/h7-8H,1-6H2. The van der Waals surface area contributed by atoms with Gasteiger partial charge in [0.2, 0.25) is 0 Å². The number of hydrogen-bond acceptors (Lipinski definition) is 3. The highest BCUT2D eigenvalue weighted by Crippen LogP contribution is 2.30. The van der Waals surface area contributed by atoms with Crippen LogP contribution in [0.3, 0.4) is 0 Å². The second kappa shape index (κ2) is 3.78. The van der Waals surface area contributed by atoms with Gasteiger partial charge in [0.25, 0.3) is 0 Å². The van der Waals surface area contributed by atoms with Crippen molar-refractivity contribution in [2.75, 3.05) is 25.6 Å². The molecule has 0 N–H and O–H groups in total. The van der Waals surface area contributed by atoms with Gasteiger partial charge in [-0.05, 0) is 18.6 Å². The van der Waals surface area contributed by atoms with E-state index in [-0.39, 0.29) is 0 Å².